The Hall–Kier alpha value is -1.41. The first kappa shape index (κ1) is 25.6. The summed E-state index contributed by atoms with van der Waals surface area (Å²) >= 11 is 9.22. The van der Waals surface area contributed by atoms with E-state index in [0.29, 0.717) is 0 Å². The summed E-state index contributed by atoms with van der Waals surface area (Å²) in [6.45, 7) is 4.19. The summed E-state index contributed by atoms with van der Waals surface area (Å²) < 4.78 is 0. The van der Waals surface area contributed by atoms with Gasteiger partial charge in [-0.05, 0) is 48.2 Å². The van der Waals surface area contributed by atoms with Gasteiger partial charge in [-0.2, -0.15) is 0 Å². The molecule has 0 heterocycles. The smallest absolute Gasteiger partial charge is 0.783 e. The summed E-state index contributed by atoms with van der Waals surface area (Å²) in [5.41, 5.74) is 4.15. The molecular formula is C20H24CoN2O2S2. The number of rotatable bonds is 6. The first-order valence-electron chi connectivity index (χ1n) is 8.46. The van der Waals surface area contributed by atoms with Gasteiger partial charge in [0.05, 0.1) is 0 Å². The van der Waals surface area contributed by atoms with Crippen LogP contribution in [0, 0.1) is 0 Å². The second-order valence-corrected chi connectivity index (χ2v) is 6.06. The predicted molar refractivity (Wildman–Crippen MR) is 113 cm³/mol. The Morgan fingerprint density at radius 3 is 1.22 bits per heavy atom. The van der Waals surface area contributed by atoms with Gasteiger partial charge >= 0.3 is 16.8 Å². The molecule has 2 aromatic rings. The van der Waals surface area contributed by atoms with Crippen LogP contribution in [-0.4, -0.2) is 23.3 Å². The molecule has 0 saturated carbocycles. The third-order valence-corrected chi connectivity index (χ3v) is 4.08. The number of hydrogen-bond donors (Lipinski definition) is 2. The van der Waals surface area contributed by atoms with E-state index < -0.39 is 0 Å². The van der Waals surface area contributed by atoms with E-state index in [2.05, 4.69) is 49.7 Å². The summed E-state index contributed by atoms with van der Waals surface area (Å²) in [6.07, 6.45) is 2.02. The molecule has 2 rings (SSSR count). The van der Waals surface area contributed by atoms with E-state index in [0.717, 1.165) is 24.2 Å². The van der Waals surface area contributed by atoms with Crippen LogP contribution in [0.25, 0.3) is 0 Å². The maximum atomic E-state index is 10.9. The Morgan fingerprint density at radius 2 is 1.00 bits per heavy atom. The molecule has 27 heavy (non-hydrogen) atoms. The topological polar surface area (TPSA) is 58.2 Å². The normalized spacial score (nSPS) is 9.33. The zero-order chi connectivity index (χ0) is 19.4. The van der Waals surface area contributed by atoms with Crippen molar-refractivity contribution in [1.82, 2.24) is 0 Å². The van der Waals surface area contributed by atoms with Gasteiger partial charge in [0.1, 0.15) is 0 Å². The molecule has 0 bridgehead atoms. The van der Waals surface area contributed by atoms with Crippen molar-refractivity contribution in [3.63, 3.8) is 0 Å². The summed E-state index contributed by atoms with van der Waals surface area (Å²) in [7, 11) is 0. The van der Waals surface area contributed by atoms with Gasteiger partial charge in [-0.25, -0.2) is 0 Å². The van der Waals surface area contributed by atoms with Crippen molar-refractivity contribution in [3.05, 3.63) is 59.7 Å². The quantitative estimate of drug-likeness (QED) is 0.666. The molecule has 0 aliphatic rings. The van der Waals surface area contributed by atoms with Crippen LogP contribution >= 0.6 is 0 Å². The molecular weight excluding hydrogens is 423 g/mol. The van der Waals surface area contributed by atoms with E-state index in [1.807, 2.05) is 48.5 Å². The van der Waals surface area contributed by atoms with E-state index in [-0.39, 0.29) is 40.1 Å². The minimum Gasteiger partial charge on any atom is -0.783 e. The van der Waals surface area contributed by atoms with Gasteiger partial charge in [-0.1, -0.05) is 49.6 Å². The van der Waals surface area contributed by atoms with Gasteiger partial charge in [0.2, 0.25) is 0 Å². The van der Waals surface area contributed by atoms with Crippen molar-refractivity contribution in [2.24, 2.45) is 0 Å². The first-order chi connectivity index (χ1) is 12.5. The molecule has 0 atom stereocenters. The van der Waals surface area contributed by atoms with Crippen LogP contribution in [0.2, 0.25) is 0 Å². The third kappa shape index (κ3) is 10.5. The summed E-state index contributed by atoms with van der Waals surface area (Å²) in [5.74, 6) is -0.0380. The summed E-state index contributed by atoms with van der Waals surface area (Å²) in [6, 6.07) is 15.6. The molecule has 0 unspecified atom stereocenters. The Bertz CT molecular complexity index is 631. The third-order valence-electron chi connectivity index (χ3n) is 3.55. The number of nitrogens with one attached hydrogen (secondary N) is 2. The summed E-state index contributed by atoms with van der Waals surface area (Å²) in [4.78, 5) is 21.8. The molecule has 0 aromatic heterocycles. The molecule has 0 aliphatic heterocycles. The largest absolute Gasteiger partial charge is 2.00 e. The van der Waals surface area contributed by atoms with Crippen LogP contribution < -0.4 is 10.6 Å². The zero-order valence-electron chi connectivity index (χ0n) is 15.4. The van der Waals surface area contributed by atoms with Crippen LogP contribution in [0.5, 0.6) is 0 Å². The Labute approximate surface area is 182 Å². The number of amides is 2. The first-order valence-corrected chi connectivity index (χ1v) is 9.61. The van der Waals surface area contributed by atoms with Crippen LogP contribution in [0.1, 0.15) is 25.0 Å². The number of anilines is 2. The van der Waals surface area contributed by atoms with Crippen LogP contribution in [0.15, 0.2) is 48.5 Å². The number of aryl methyl sites for hydroxylation is 2. The van der Waals surface area contributed by atoms with Crippen molar-refractivity contribution in [3.8, 4) is 0 Å². The minimum atomic E-state index is -0.126. The predicted octanol–water partition coefficient (Wildman–Crippen LogP) is 3.47. The molecule has 2 aromatic carbocycles. The van der Waals surface area contributed by atoms with E-state index in [1.165, 1.54) is 11.1 Å². The average molecular weight is 447 g/mol. The fraction of sp³-hybridized carbons (Fsp3) is 0.300. The van der Waals surface area contributed by atoms with Gasteiger partial charge < -0.3 is 35.9 Å². The fourth-order valence-corrected chi connectivity index (χ4v) is 2.19. The molecule has 2 N–H and O–H groups in total. The maximum Gasteiger partial charge on any atom is 2.00 e. The Balaban J connectivity index is 0.000000483. The van der Waals surface area contributed by atoms with Gasteiger partial charge in [0, 0.05) is 11.4 Å². The van der Waals surface area contributed by atoms with Crippen LogP contribution in [0.4, 0.5) is 11.4 Å². The van der Waals surface area contributed by atoms with Crippen LogP contribution in [-0.2, 0) is 64.5 Å². The molecule has 0 aliphatic carbocycles. The molecule has 7 heteroatoms. The van der Waals surface area contributed by atoms with Crippen molar-refractivity contribution >= 4 is 48.4 Å². The number of carbonyl (C=O) groups is 2. The molecule has 0 saturated heterocycles. The van der Waals surface area contributed by atoms with Gasteiger partial charge in [0.15, 0.2) is 11.8 Å². The van der Waals surface area contributed by atoms with Crippen molar-refractivity contribution in [1.29, 1.82) is 0 Å². The monoisotopic (exact) mass is 447 g/mol. The van der Waals surface area contributed by atoms with Crippen molar-refractivity contribution in [2.75, 3.05) is 22.1 Å². The molecule has 0 spiro atoms. The van der Waals surface area contributed by atoms with E-state index in [4.69, 9.17) is 0 Å². The standard InChI is InChI=1S/2C10H13NOS.Co/c2*1-2-8-3-5-9(6-4-8)11-10(12)7-13;/h2*3-6,13H,2,7H2,1H3,(H,11,12);/q;;+2/p-2. The van der Waals surface area contributed by atoms with E-state index in [9.17, 15) is 9.59 Å². The maximum absolute atomic E-state index is 10.9. The SMILES string of the molecule is CCc1ccc(NC(=O)C[S-])cc1.CCc1ccc(NC(=O)C[S-])cc1.[Co+2]. The second kappa shape index (κ2) is 14.6. The average Bonchev–Trinajstić information content (AvgIpc) is 2.69. The molecule has 0 fully saturated rings. The Morgan fingerprint density at radius 1 is 0.704 bits per heavy atom. The molecule has 4 nitrogen and oxygen atoms in total. The molecule has 147 valence electrons. The summed E-state index contributed by atoms with van der Waals surface area (Å²) in [5, 5.41) is 5.40. The van der Waals surface area contributed by atoms with Crippen molar-refractivity contribution in [2.45, 2.75) is 26.7 Å². The number of benzene rings is 2. The van der Waals surface area contributed by atoms with Gasteiger partial charge in [-0.15, -0.1) is 0 Å². The van der Waals surface area contributed by atoms with Crippen molar-refractivity contribution < 1.29 is 26.4 Å². The van der Waals surface area contributed by atoms with Gasteiger partial charge in [0.25, 0.3) is 0 Å². The fourth-order valence-electron chi connectivity index (χ4n) is 2.04. The molecule has 1 radical (unpaired) electrons. The van der Waals surface area contributed by atoms with Crippen LogP contribution in [0.3, 0.4) is 0 Å². The van der Waals surface area contributed by atoms with Gasteiger partial charge in [-0.3, -0.25) is 9.59 Å². The Kier molecular flexibility index (Phi) is 13.9. The zero-order valence-corrected chi connectivity index (χ0v) is 18.1. The minimum absolute atomic E-state index is 0. The number of carbonyl (C=O) groups excluding carboxylic acids is 2. The molecule has 2 amide bonds. The van der Waals surface area contributed by atoms with E-state index >= 15 is 0 Å². The number of hydrogen-bond acceptors (Lipinski definition) is 4. The second-order valence-electron chi connectivity index (χ2n) is 5.49. The van der Waals surface area contributed by atoms with E-state index in [1.54, 1.807) is 0 Å².